The first kappa shape index (κ1) is 15.7. The summed E-state index contributed by atoms with van der Waals surface area (Å²) < 4.78 is 6.79. The Balaban J connectivity index is 2.13. The van der Waals surface area contributed by atoms with Gasteiger partial charge >= 0.3 is 5.97 Å². The van der Waals surface area contributed by atoms with E-state index < -0.39 is 12.1 Å². The molecule has 0 saturated heterocycles. The number of esters is 1. The van der Waals surface area contributed by atoms with Crippen LogP contribution in [0.1, 0.15) is 47.2 Å². The van der Waals surface area contributed by atoms with E-state index in [-0.39, 0.29) is 5.56 Å². The minimum Gasteiger partial charge on any atom is -0.443 e. The SMILES string of the molecule is Cc1c(C(=O)OC(C)C#N)sc2nc3n(c(=O)c12)CCCCC3. The average molecular weight is 331 g/mol. The van der Waals surface area contributed by atoms with Gasteiger partial charge in [-0.3, -0.25) is 9.36 Å². The van der Waals surface area contributed by atoms with E-state index >= 15 is 0 Å². The maximum absolute atomic E-state index is 12.8. The van der Waals surface area contributed by atoms with E-state index in [1.807, 2.05) is 6.07 Å². The molecule has 3 heterocycles. The van der Waals surface area contributed by atoms with Crippen molar-refractivity contribution in [2.24, 2.45) is 0 Å². The van der Waals surface area contributed by atoms with E-state index in [9.17, 15) is 9.59 Å². The summed E-state index contributed by atoms with van der Waals surface area (Å²) >= 11 is 1.17. The highest BCUT2D eigenvalue weighted by Crippen LogP contribution is 2.29. The molecular weight excluding hydrogens is 314 g/mol. The highest BCUT2D eigenvalue weighted by atomic mass is 32.1. The molecule has 3 rings (SSSR count). The van der Waals surface area contributed by atoms with Gasteiger partial charge in [0, 0.05) is 13.0 Å². The number of carbonyl (C=O) groups excluding carboxylic acids is 1. The lowest BCUT2D eigenvalue weighted by atomic mass is 10.2. The van der Waals surface area contributed by atoms with E-state index in [0.717, 1.165) is 31.5 Å². The molecule has 0 amide bonds. The highest BCUT2D eigenvalue weighted by Gasteiger charge is 2.23. The van der Waals surface area contributed by atoms with Crippen LogP contribution in [-0.2, 0) is 17.7 Å². The van der Waals surface area contributed by atoms with Crippen LogP contribution in [0.2, 0.25) is 0 Å². The summed E-state index contributed by atoms with van der Waals surface area (Å²) in [5.74, 6) is 0.228. The summed E-state index contributed by atoms with van der Waals surface area (Å²) in [6.07, 6.45) is 3.05. The molecular formula is C16H17N3O3S. The third-order valence-corrected chi connectivity index (χ3v) is 5.23. The van der Waals surface area contributed by atoms with Crippen molar-refractivity contribution >= 4 is 27.5 Å². The van der Waals surface area contributed by atoms with Gasteiger partial charge < -0.3 is 4.74 Å². The monoisotopic (exact) mass is 331 g/mol. The van der Waals surface area contributed by atoms with Gasteiger partial charge in [0.2, 0.25) is 0 Å². The maximum atomic E-state index is 12.8. The van der Waals surface area contributed by atoms with Crippen molar-refractivity contribution in [1.29, 1.82) is 5.26 Å². The molecule has 0 saturated carbocycles. The molecule has 0 fully saturated rings. The first-order valence-corrected chi connectivity index (χ1v) is 8.48. The number of nitrogens with zero attached hydrogens (tertiary/aromatic N) is 3. The van der Waals surface area contributed by atoms with Crippen molar-refractivity contribution in [3.63, 3.8) is 0 Å². The van der Waals surface area contributed by atoms with Gasteiger partial charge in [-0.15, -0.1) is 11.3 Å². The standard InChI is InChI=1S/C16H17N3O3S/c1-9(8-17)22-16(21)13-10(2)12-14(23-13)18-11-6-4-3-5-7-19(11)15(12)20/h9H,3-7H2,1-2H3. The molecule has 0 aromatic carbocycles. The van der Waals surface area contributed by atoms with Gasteiger partial charge in [0.15, 0.2) is 6.10 Å². The van der Waals surface area contributed by atoms with Gasteiger partial charge in [-0.1, -0.05) is 6.42 Å². The number of hydrogen-bond donors (Lipinski definition) is 0. The summed E-state index contributed by atoms with van der Waals surface area (Å²) in [5, 5.41) is 9.26. The summed E-state index contributed by atoms with van der Waals surface area (Å²) in [4.78, 5) is 30.5. The fourth-order valence-corrected chi connectivity index (χ4v) is 3.92. The molecule has 1 aliphatic rings. The van der Waals surface area contributed by atoms with Crippen LogP contribution in [0.3, 0.4) is 0 Å². The number of carbonyl (C=O) groups is 1. The predicted molar refractivity (Wildman–Crippen MR) is 86.7 cm³/mol. The molecule has 2 aromatic rings. The topological polar surface area (TPSA) is 85.0 Å². The number of nitriles is 1. The molecule has 6 nitrogen and oxygen atoms in total. The van der Waals surface area contributed by atoms with Crippen LogP contribution in [0.4, 0.5) is 0 Å². The zero-order chi connectivity index (χ0) is 16.6. The van der Waals surface area contributed by atoms with Crippen LogP contribution >= 0.6 is 11.3 Å². The van der Waals surface area contributed by atoms with E-state index in [2.05, 4.69) is 4.98 Å². The Bertz CT molecular complexity index is 875. The molecule has 23 heavy (non-hydrogen) atoms. The van der Waals surface area contributed by atoms with Gasteiger partial charge in [0.05, 0.1) is 5.39 Å². The third-order valence-electron chi connectivity index (χ3n) is 4.06. The van der Waals surface area contributed by atoms with Crippen LogP contribution in [0.5, 0.6) is 0 Å². The van der Waals surface area contributed by atoms with Crippen LogP contribution in [-0.4, -0.2) is 21.6 Å². The summed E-state index contributed by atoms with van der Waals surface area (Å²) in [7, 11) is 0. The number of ether oxygens (including phenoxy) is 1. The van der Waals surface area contributed by atoms with E-state index in [0.29, 0.717) is 27.2 Å². The minimum absolute atomic E-state index is 0.0759. The summed E-state index contributed by atoms with van der Waals surface area (Å²) in [6, 6.07) is 1.86. The van der Waals surface area contributed by atoms with Gasteiger partial charge in [0.1, 0.15) is 21.6 Å². The maximum Gasteiger partial charge on any atom is 0.349 e. The van der Waals surface area contributed by atoms with Gasteiger partial charge in [-0.25, -0.2) is 9.78 Å². The molecule has 0 spiro atoms. The molecule has 1 atom stereocenters. The van der Waals surface area contributed by atoms with Gasteiger partial charge in [-0.2, -0.15) is 5.26 Å². The van der Waals surface area contributed by atoms with Crippen LogP contribution in [0.15, 0.2) is 4.79 Å². The second kappa shape index (κ2) is 6.13. The van der Waals surface area contributed by atoms with Crippen LogP contribution < -0.4 is 5.56 Å². The zero-order valence-electron chi connectivity index (χ0n) is 13.1. The van der Waals surface area contributed by atoms with Crippen LogP contribution in [0, 0.1) is 18.3 Å². The Labute approximate surface area is 137 Å². The Morgan fingerprint density at radius 1 is 1.43 bits per heavy atom. The lowest BCUT2D eigenvalue weighted by Gasteiger charge is -2.08. The first-order valence-electron chi connectivity index (χ1n) is 7.66. The fraction of sp³-hybridized carbons (Fsp3) is 0.500. The van der Waals surface area contributed by atoms with Gasteiger partial charge in [0.25, 0.3) is 5.56 Å². The lowest BCUT2D eigenvalue weighted by Crippen LogP contribution is -2.24. The lowest BCUT2D eigenvalue weighted by molar-refractivity contribution is 0.0440. The normalized spacial score (nSPS) is 15.5. The van der Waals surface area contributed by atoms with Crippen molar-refractivity contribution in [2.45, 2.75) is 52.2 Å². The van der Waals surface area contributed by atoms with E-state index in [4.69, 9.17) is 10.00 Å². The fourth-order valence-electron chi connectivity index (χ4n) is 2.84. The van der Waals surface area contributed by atoms with Gasteiger partial charge in [-0.05, 0) is 32.3 Å². The third kappa shape index (κ3) is 2.75. The quantitative estimate of drug-likeness (QED) is 0.790. The highest BCUT2D eigenvalue weighted by molar-refractivity contribution is 7.20. The molecule has 1 aliphatic heterocycles. The van der Waals surface area contributed by atoms with Crippen LogP contribution in [0.25, 0.3) is 10.2 Å². The smallest absolute Gasteiger partial charge is 0.349 e. The Morgan fingerprint density at radius 2 is 2.22 bits per heavy atom. The summed E-state index contributed by atoms with van der Waals surface area (Å²) in [6.45, 7) is 3.92. The summed E-state index contributed by atoms with van der Waals surface area (Å²) in [5.41, 5.74) is 0.519. The second-order valence-electron chi connectivity index (χ2n) is 5.71. The van der Waals surface area contributed by atoms with E-state index in [1.165, 1.54) is 18.3 Å². The molecule has 0 radical (unpaired) electrons. The molecule has 120 valence electrons. The Hall–Kier alpha value is -2.20. The van der Waals surface area contributed by atoms with Crippen molar-refractivity contribution in [3.8, 4) is 6.07 Å². The van der Waals surface area contributed by atoms with Crippen molar-refractivity contribution in [1.82, 2.24) is 9.55 Å². The van der Waals surface area contributed by atoms with Crippen molar-refractivity contribution in [2.75, 3.05) is 0 Å². The van der Waals surface area contributed by atoms with E-state index in [1.54, 1.807) is 11.5 Å². The number of rotatable bonds is 2. The zero-order valence-corrected chi connectivity index (χ0v) is 13.9. The number of aromatic nitrogens is 2. The molecule has 7 heteroatoms. The number of aryl methyl sites for hydroxylation is 2. The number of fused-ring (bicyclic) bond motifs is 2. The minimum atomic E-state index is -0.821. The Kier molecular flexibility index (Phi) is 4.18. The molecule has 2 aromatic heterocycles. The molecule has 0 aliphatic carbocycles. The van der Waals surface area contributed by atoms with Crippen molar-refractivity contribution in [3.05, 3.63) is 26.6 Å². The second-order valence-corrected chi connectivity index (χ2v) is 6.71. The molecule has 0 N–H and O–H groups in total. The predicted octanol–water partition coefficient (Wildman–Crippen LogP) is 2.56. The Morgan fingerprint density at radius 3 is 2.96 bits per heavy atom. The number of thiophene rings is 1. The number of hydrogen-bond acceptors (Lipinski definition) is 6. The largest absolute Gasteiger partial charge is 0.443 e. The molecule has 1 unspecified atom stereocenters. The van der Waals surface area contributed by atoms with Crippen molar-refractivity contribution < 1.29 is 9.53 Å². The first-order chi connectivity index (χ1) is 11.0. The average Bonchev–Trinajstić information content (AvgIpc) is 2.71. The molecule has 0 bridgehead atoms.